The summed E-state index contributed by atoms with van der Waals surface area (Å²) in [5, 5.41) is 12.9. The lowest BCUT2D eigenvalue weighted by Gasteiger charge is -2.19. The standard InChI is InChI=1S/C14H17NO3/c1-14(2,3)10-6-4-9(5-7-10)12-11(13(16)17)8-18-15-12/h4-7,11H,8H2,1-3H3,(H,16,17). The van der Waals surface area contributed by atoms with Crippen molar-refractivity contribution < 1.29 is 14.7 Å². The first-order valence-corrected chi connectivity index (χ1v) is 5.93. The van der Waals surface area contributed by atoms with Crippen LogP contribution in [0.1, 0.15) is 31.9 Å². The minimum Gasteiger partial charge on any atom is -0.481 e. The van der Waals surface area contributed by atoms with Crippen LogP contribution < -0.4 is 0 Å². The number of hydrogen-bond donors (Lipinski definition) is 1. The third kappa shape index (κ3) is 2.37. The molecule has 0 saturated carbocycles. The Kier molecular flexibility index (Phi) is 3.11. The van der Waals surface area contributed by atoms with Gasteiger partial charge in [0, 0.05) is 5.56 Å². The second kappa shape index (κ2) is 4.44. The summed E-state index contributed by atoms with van der Waals surface area (Å²) in [5.74, 6) is -1.56. The molecule has 1 heterocycles. The Morgan fingerprint density at radius 3 is 2.44 bits per heavy atom. The molecule has 96 valence electrons. The molecule has 1 atom stereocenters. The van der Waals surface area contributed by atoms with Gasteiger partial charge >= 0.3 is 5.97 Å². The predicted molar refractivity (Wildman–Crippen MR) is 68.8 cm³/mol. The van der Waals surface area contributed by atoms with Crippen LogP contribution in [0.2, 0.25) is 0 Å². The molecule has 0 amide bonds. The number of nitrogens with zero attached hydrogens (tertiary/aromatic N) is 1. The molecular formula is C14H17NO3. The topological polar surface area (TPSA) is 58.9 Å². The van der Waals surface area contributed by atoms with Crippen molar-refractivity contribution in [1.82, 2.24) is 0 Å². The lowest BCUT2D eigenvalue weighted by atomic mass is 9.86. The Labute approximate surface area is 106 Å². The van der Waals surface area contributed by atoms with E-state index in [1.165, 1.54) is 5.56 Å². The molecular weight excluding hydrogens is 230 g/mol. The molecule has 0 spiro atoms. The van der Waals surface area contributed by atoms with E-state index in [0.717, 1.165) is 5.56 Å². The lowest BCUT2D eigenvalue weighted by Crippen LogP contribution is -2.24. The fraction of sp³-hybridized carbons (Fsp3) is 0.429. The Bertz CT molecular complexity index is 483. The predicted octanol–water partition coefficient (Wildman–Crippen LogP) is 2.42. The highest BCUT2D eigenvalue weighted by Crippen LogP contribution is 2.24. The minimum atomic E-state index is -0.897. The molecule has 4 nitrogen and oxygen atoms in total. The summed E-state index contributed by atoms with van der Waals surface area (Å²) in [6.45, 7) is 6.53. The number of aliphatic carboxylic acids is 1. The van der Waals surface area contributed by atoms with Gasteiger partial charge in [0.05, 0.1) is 0 Å². The third-order valence-corrected chi connectivity index (χ3v) is 3.08. The van der Waals surface area contributed by atoms with Gasteiger partial charge in [-0.05, 0) is 11.0 Å². The van der Waals surface area contributed by atoms with E-state index in [2.05, 4.69) is 25.9 Å². The molecule has 0 saturated heterocycles. The molecule has 0 fully saturated rings. The van der Waals surface area contributed by atoms with Gasteiger partial charge in [-0.1, -0.05) is 50.2 Å². The fourth-order valence-electron chi connectivity index (χ4n) is 1.91. The van der Waals surface area contributed by atoms with Crippen LogP contribution in [0.5, 0.6) is 0 Å². The van der Waals surface area contributed by atoms with Crippen LogP contribution >= 0.6 is 0 Å². The number of carboxylic acids is 1. The minimum absolute atomic E-state index is 0.0821. The van der Waals surface area contributed by atoms with Gasteiger partial charge in [-0.3, -0.25) is 4.79 Å². The summed E-state index contributed by atoms with van der Waals surface area (Å²) in [6, 6.07) is 7.83. The lowest BCUT2D eigenvalue weighted by molar-refractivity contribution is -0.140. The maximum absolute atomic E-state index is 11.1. The molecule has 2 rings (SSSR count). The normalized spacial score (nSPS) is 19.3. The zero-order valence-electron chi connectivity index (χ0n) is 10.8. The molecule has 0 radical (unpaired) electrons. The van der Waals surface area contributed by atoms with Gasteiger partial charge in [-0.15, -0.1) is 0 Å². The van der Waals surface area contributed by atoms with E-state index < -0.39 is 11.9 Å². The van der Waals surface area contributed by atoms with E-state index in [1.807, 2.05) is 24.3 Å². The summed E-state index contributed by atoms with van der Waals surface area (Å²) in [7, 11) is 0. The summed E-state index contributed by atoms with van der Waals surface area (Å²) in [6.07, 6.45) is 0. The molecule has 1 N–H and O–H groups in total. The van der Waals surface area contributed by atoms with Gasteiger partial charge in [0.1, 0.15) is 18.2 Å². The monoisotopic (exact) mass is 247 g/mol. The van der Waals surface area contributed by atoms with Crippen LogP contribution in [0.4, 0.5) is 0 Å². The zero-order chi connectivity index (χ0) is 13.3. The summed E-state index contributed by atoms with van der Waals surface area (Å²) < 4.78 is 0. The quantitative estimate of drug-likeness (QED) is 0.873. The number of oxime groups is 1. The van der Waals surface area contributed by atoms with Gasteiger partial charge in [-0.2, -0.15) is 0 Å². The number of carboxylic acid groups (broad SMARTS) is 1. The van der Waals surface area contributed by atoms with Crippen molar-refractivity contribution in [3.63, 3.8) is 0 Å². The average Bonchev–Trinajstić information content (AvgIpc) is 2.77. The maximum atomic E-state index is 11.1. The van der Waals surface area contributed by atoms with E-state index in [-0.39, 0.29) is 12.0 Å². The van der Waals surface area contributed by atoms with E-state index in [1.54, 1.807) is 0 Å². The zero-order valence-corrected chi connectivity index (χ0v) is 10.8. The van der Waals surface area contributed by atoms with Crippen LogP contribution in [-0.2, 0) is 15.0 Å². The first kappa shape index (κ1) is 12.6. The van der Waals surface area contributed by atoms with Gasteiger partial charge in [0.25, 0.3) is 0 Å². The summed E-state index contributed by atoms with van der Waals surface area (Å²) in [4.78, 5) is 15.9. The average molecular weight is 247 g/mol. The van der Waals surface area contributed by atoms with Gasteiger partial charge in [-0.25, -0.2) is 0 Å². The molecule has 0 aliphatic carbocycles. The highest BCUT2D eigenvalue weighted by molar-refractivity contribution is 6.12. The van der Waals surface area contributed by atoms with Crippen molar-refractivity contribution in [2.24, 2.45) is 11.1 Å². The Balaban J connectivity index is 2.28. The summed E-state index contributed by atoms with van der Waals surface area (Å²) >= 11 is 0. The van der Waals surface area contributed by atoms with Crippen molar-refractivity contribution in [2.75, 3.05) is 6.61 Å². The second-order valence-corrected chi connectivity index (χ2v) is 5.49. The van der Waals surface area contributed by atoms with Crippen LogP contribution in [0.15, 0.2) is 29.4 Å². The van der Waals surface area contributed by atoms with Crippen LogP contribution in [0.25, 0.3) is 0 Å². The Hall–Kier alpha value is -1.84. The Morgan fingerprint density at radius 1 is 1.33 bits per heavy atom. The van der Waals surface area contributed by atoms with Crippen LogP contribution in [-0.4, -0.2) is 23.4 Å². The largest absolute Gasteiger partial charge is 0.481 e. The molecule has 4 heteroatoms. The second-order valence-electron chi connectivity index (χ2n) is 5.49. The van der Waals surface area contributed by atoms with Crippen molar-refractivity contribution >= 4 is 11.7 Å². The van der Waals surface area contributed by atoms with Crippen molar-refractivity contribution in [2.45, 2.75) is 26.2 Å². The molecule has 1 aliphatic heterocycles. The van der Waals surface area contributed by atoms with E-state index in [4.69, 9.17) is 9.94 Å². The van der Waals surface area contributed by atoms with Crippen molar-refractivity contribution in [1.29, 1.82) is 0 Å². The Morgan fingerprint density at radius 2 is 1.94 bits per heavy atom. The van der Waals surface area contributed by atoms with Crippen LogP contribution in [0, 0.1) is 5.92 Å². The van der Waals surface area contributed by atoms with Gasteiger partial charge < -0.3 is 9.94 Å². The van der Waals surface area contributed by atoms with E-state index >= 15 is 0 Å². The van der Waals surface area contributed by atoms with Crippen molar-refractivity contribution in [3.8, 4) is 0 Å². The number of hydrogen-bond acceptors (Lipinski definition) is 3. The first-order chi connectivity index (χ1) is 8.39. The first-order valence-electron chi connectivity index (χ1n) is 5.93. The van der Waals surface area contributed by atoms with Gasteiger partial charge in [0.15, 0.2) is 0 Å². The highest BCUT2D eigenvalue weighted by atomic mass is 16.6. The molecule has 1 aromatic rings. The molecule has 1 unspecified atom stereocenters. The van der Waals surface area contributed by atoms with Gasteiger partial charge in [0.2, 0.25) is 0 Å². The smallest absolute Gasteiger partial charge is 0.316 e. The number of rotatable bonds is 2. The van der Waals surface area contributed by atoms with Crippen molar-refractivity contribution in [3.05, 3.63) is 35.4 Å². The SMILES string of the molecule is CC(C)(C)c1ccc(C2=NOCC2C(=O)O)cc1. The molecule has 0 bridgehead atoms. The number of benzene rings is 1. The van der Waals surface area contributed by atoms with Crippen LogP contribution in [0.3, 0.4) is 0 Å². The summed E-state index contributed by atoms with van der Waals surface area (Å²) in [5.41, 5.74) is 2.60. The molecule has 0 aromatic heterocycles. The molecule has 18 heavy (non-hydrogen) atoms. The van der Waals surface area contributed by atoms with E-state index in [9.17, 15) is 4.79 Å². The highest BCUT2D eigenvalue weighted by Gasteiger charge is 2.31. The van der Waals surface area contributed by atoms with E-state index in [0.29, 0.717) is 5.71 Å². The molecule has 1 aromatic carbocycles. The molecule has 1 aliphatic rings. The number of carbonyl (C=O) groups is 1. The third-order valence-electron chi connectivity index (χ3n) is 3.08. The fourth-order valence-corrected chi connectivity index (χ4v) is 1.91. The maximum Gasteiger partial charge on any atom is 0.316 e.